The third kappa shape index (κ3) is 12.0. The molecule has 2 aliphatic heterocycles. The summed E-state index contributed by atoms with van der Waals surface area (Å²) in [4.78, 5) is 52.8. The number of aliphatic hydroxyl groups excluding tert-OH is 1. The normalized spacial score (nSPS) is 22.6. The minimum absolute atomic E-state index is 0.0179. The Bertz CT molecular complexity index is 886. The average Bonchev–Trinajstić information content (AvgIpc) is 3.31. The van der Waals surface area contributed by atoms with Crippen LogP contribution in [0.2, 0.25) is 0 Å². The van der Waals surface area contributed by atoms with Gasteiger partial charge in [-0.15, -0.1) is 0 Å². The molecule has 1 saturated carbocycles. The highest BCUT2D eigenvalue weighted by atomic mass is 16.6. The van der Waals surface area contributed by atoms with Crippen LogP contribution in [0.5, 0.6) is 0 Å². The maximum Gasteiger partial charge on any atom is 0.248 e. The molecule has 13 nitrogen and oxygen atoms in total. The summed E-state index contributed by atoms with van der Waals surface area (Å²) in [6, 6.07) is 0. The number of nitrogens with zero attached hydrogens (tertiary/aromatic N) is 3. The number of carbonyl (C=O) groups excluding carboxylic acids is 4. The fourth-order valence-corrected chi connectivity index (χ4v) is 5.32. The van der Waals surface area contributed by atoms with Crippen LogP contribution in [-0.4, -0.2) is 142 Å². The van der Waals surface area contributed by atoms with Crippen molar-refractivity contribution >= 4 is 23.6 Å². The van der Waals surface area contributed by atoms with Gasteiger partial charge in [0.05, 0.1) is 59.3 Å². The molecule has 0 aromatic rings. The van der Waals surface area contributed by atoms with Crippen LogP contribution in [0.4, 0.5) is 0 Å². The van der Waals surface area contributed by atoms with Crippen LogP contribution in [-0.2, 0) is 38.1 Å². The quantitative estimate of drug-likeness (QED) is 0.205. The number of aliphatic hydroxyl groups is 1. The van der Waals surface area contributed by atoms with E-state index < -0.39 is 6.23 Å². The van der Waals surface area contributed by atoms with Crippen molar-refractivity contribution in [3.05, 3.63) is 12.2 Å². The van der Waals surface area contributed by atoms with E-state index in [2.05, 4.69) is 5.32 Å². The predicted molar refractivity (Wildman–Crippen MR) is 152 cm³/mol. The lowest BCUT2D eigenvalue weighted by atomic mass is 9.81. The maximum atomic E-state index is 12.4. The molecule has 0 aromatic carbocycles. The van der Waals surface area contributed by atoms with Gasteiger partial charge in [-0.2, -0.15) is 0 Å². The number of hydrogen-bond acceptors (Lipinski definition) is 9. The molecule has 238 valence electrons. The van der Waals surface area contributed by atoms with E-state index in [1.807, 2.05) is 0 Å². The first-order valence-corrected chi connectivity index (χ1v) is 15.1. The van der Waals surface area contributed by atoms with Gasteiger partial charge in [0.1, 0.15) is 6.23 Å². The summed E-state index contributed by atoms with van der Waals surface area (Å²) in [5, 5.41) is 12.8. The highest BCUT2D eigenvalue weighted by Gasteiger charge is 2.31. The molecule has 1 aliphatic carbocycles. The van der Waals surface area contributed by atoms with Crippen molar-refractivity contribution in [3.63, 3.8) is 0 Å². The number of ether oxygens (including phenoxy) is 4. The standard InChI is InChI=1S/C29H48N4O9/c1-23(34)31-10-12-32(13-11-31)26(35)8-14-39-16-18-41-20-21-42-19-17-40-15-9-30-29(38)25-4-2-24(3-5-25)22-33-27(36)6-7-28(33)37/h6-7,24-25,27,36H,2-5,8-22H2,1H3,(H,30,38). The van der Waals surface area contributed by atoms with Gasteiger partial charge in [-0.1, -0.05) is 0 Å². The molecule has 0 radical (unpaired) electrons. The van der Waals surface area contributed by atoms with Crippen molar-refractivity contribution in [1.29, 1.82) is 0 Å². The van der Waals surface area contributed by atoms with Gasteiger partial charge in [0.15, 0.2) is 0 Å². The van der Waals surface area contributed by atoms with Crippen molar-refractivity contribution in [2.24, 2.45) is 11.8 Å². The number of hydrogen-bond donors (Lipinski definition) is 2. The molecule has 1 unspecified atom stereocenters. The molecule has 0 bridgehead atoms. The van der Waals surface area contributed by atoms with Crippen molar-refractivity contribution in [1.82, 2.24) is 20.0 Å². The predicted octanol–water partition coefficient (Wildman–Crippen LogP) is -0.227. The first-order valence-electron chi connectivity index (χ1n) is 15.1. The van der Waals surface area contributed by atoms with E-state index in [0.717, 1.165) is 25.7 Å². The van der Waals surface area contributed by atoms with Crippen molar-refractivity contribution in [3.8, 4) is 0 Å². The fraction of sp³-hybridized carbons (Fsp3) is 0.793. The second-order valence-electron chi connectivity index (χ2n) is 10.9. The SMILES string of the molecule is CC(=O)N1CCN(C(=O)CCOCCOCCOCCOCCNC(=O)C2CCC(CN3C(=O)C=CC3O)CC2)CC1. The molecule has 13 heteroatoms. The summed E-state index contributed by atoms with van der Waals surface area (Å²) < 4.78 is 21.9. The summed E-state index contributed by atoms with van der Waals surface area (Å²) in [5.41, 5.74) is 0. The van der Waals surface area contributed by atoms with E-state index in [4.69, 9.17) is 18.9 Å². The van der Waals surface area contributed by atoms with Crippen LogP contribution in [0.1, 0.15) is 39.0 Å². The Labute approximate surface area is 248 Å². The summed E-state index contributed by atoms with van der Waals surface area (Å²) in [5.74, 6) is 0.279. The highest BCUT2D eigenvalue weighted by Crippen LogP contribution is 2.30. The van der Waals surface area contributed by atoms with Crippen molar-refractivity contribution < 1.29 is 43.2 Å². The zero-order valence-corrected chi connectivity index (χ0v) is 24.9. The summed E-state index contributed by atoms with van der Waals surface area (Å²) >= 11 is 0. The second-order valence-corrected chi connectivity index (χ2v) is 10.9. The molecular weight excluding hydrogens is 548 g/mol. The van der Waals surface area contributed by atoms with Gasteiger partial charge in [0, 0.05) is 58.2 Å². The number of amides is 4. The lowest BCUT2D eigenvalue weighted by molar-refractivity contribution is -0.139. The molecule has 2 heterocycles. The molecule has 1 saturated heterocycles. The monoisotopic (exact) mass is 596 g/mol. The zero-order chi connectivity index (χ0) is 30.2. The van der Waals surface area contributed by atoms with Gasteiger partial charge >= 0.3 is 0 Å². The molecule has 2 fully saturated rings. The third-order valence-corrected chi connectivity index (χ3v) is 7.89. The Morgan fingerprint density at radius 3 is 1.93 bits per heavy atom. The molecule has 0 aromatic heterocycles. The van der Waals surface area contributed by atoms with Crippen LogP contribution in [0, 0.1) is 11.8 Å². The molecule has 3 aliphatic rings. The van der Waals surface area contributed by atoms with E-state index in [1.165, 1.54) is 17.1 Å². The van der Waals surface area contributed by atoms with Gasteiger partial charge in [0.2, 0.25) is 23.6 Å². The first kappa shape index (κ1) is 33.9. The van der Waals surface area contributed by atoms with E-state index in [1.54, 1.807) is 16.7 Å². The Morgan fingerprint density at radius 1 is 0.833 bits per heavy atom. The molecule has 2 N–H and O–H groups in total. The maximum absolute atomic E-state index is 12.4. The van der Waals surface area contributed by atoms with Gasteiger partial charge in [-0.3, -0.25) is 19.2 Å². The smallest absolute Gasteiger partial charge is 0.248 e. The number of carbonyl (C=O) groups is 4. The summed E-state index contributed by atoms with van der Waals surface area (Å²) in [6.07, 6.45) is 5.70. The lowest BCUT2D eigenvalue weighted by Gasteiger charge is -2.34. The van der Waals surface area contributed by atoms with Gasteiger partial charge in [-0.05, 0) is 37.7 Å². The van der Waals surface area contributed by atoms with Crippen LogP contribution in [0.3, 0.4) is 0 Å². The Balaban J connectivity index is 1.04. The number of piperazine rings is 1. The molecule has 1 atom stereocenters. The molecule has 0 spiro atoms. The van der Waals surface area contributed by atoms with E-state index >= 15 is 0 Å². The van der Waals surface area contributed by atoms with Gasteiger partial charge < -0.3 is 44.1 Å². The van der Waals surface area contributed by atoms with Crippen LogP contribution in [0.15, 0.2) is 12.2 Å². The number of rotatable bonds is 18. The largest absolute Gasteiger partial charge is 0.379 e. The van der Waals surface area contributed by atoms with Crippen LogP contribution in [0.25, 0.3) is 0 Å². The number of nitrogens with one attached hydrogen (secondary N) is 1. The third-order valence-electron chi connectivity index (χ3n) is 7.89. The van der Waals surface area contributed by atoms with E-state index in [0.29, 0.717) is 104 Å². The van der Waals surface area contributed by atoms with E-state index in [9.17, 15) is 24.3 Å². The molecule has 42 heavy (non-hydrogen) atoms. The molecular formula is C29H48N4O9. The summed E-state index contributed by atoms with van der Waals surface area (Å²) in [7, 11) is 0. The van der Waals surface area contributed by atoms with Crippen molar-refractivity contribution in [2.75, 3.05) is 92.1 Å². The minimum atomic E-state index is -0.826. The van der Waals surface area contributed by atoms with Crippen LogP contribution < -0.4 is 5.32 Å². The molecule has 4 amide bonds. The van der Waals surface area contributed by atoms with Gasteiger partial charge in [0.25, 0.3) is 0 Å². The highest BCUT2D eigenvalue weighted by molar-refractivity contribution is 5.90. The average molecular weight is 597 g/mol. The van der Waals surface area contributed by atoms with E-state index in [-0.39, 0.29) is 29.5 Å². The Morgan fingerprint density at radius 2 is 1.38 bits per heavy atom. The van der Waals surface area contributed by atoms with Crippen molar-refractivity contribution in [2.45, 2.75) is 45.3 Å². The first-order chi connectivity index (χ1) is 20.3. The van der Waals surface area contributed by atoms with Gasteiger partial charge in [-0.25, -0.2) is 0 Å². The topological polar surface area (TPSA) is 147 Å². The summed E-state index contributed by atoms with van der Waals surface area (Å²) in [6.45, 7) is 8.17. The Kier molecular flexibility index (Phi) is 15.2. The lowest BCUT2D eigenvalue weighted by Crippen LogP contribution is -2.50. The van der Waals surface area contributed by atoms with Crippen LogP contribution >= 0.6 is 0 Å². The zero-order valence-electron chi connectivity index (χ0n) is 24.9. The Hall–Kier alpha value is -2.58. The fourth-order valence-electron chi connectivity index (χ4n) is 5.32. The molecule has 3 rings (SSSR count). The minimum Gasteiger partial charge on any atom is -0.379 e. The second kappa shape index (κ2) is 18.9.